The Kier molecular flexibility index (Phi) is 5.17. The Morgan fingerprint density at radius 1 is 1.28 bits per heavy atom. The Morgan fingerprint density at radius 3 is 2.64 bits per heavy atom. The summed E-state index contributed by atoms with van der Waals surface area (Å²) in [6.07, 6.45) is 0. The molecule has 2 aromatic heterocycles. The average molecular weight is 393 g/mol. The molecule has 1 atom stereocenters. The smallest absolute Gasteiger partial charge is 0.237 e. The summed E-state index contributed by atoms with van der Waals surface area (Å²) in [5.41, 5.74) is 7.90. The predicted molar refractivity (Wildman–Crippen MR) is 107 cm³/mol. The molecule has 3 N–H and O–H groups in total. The third-order valence-electron chi connectivity index (χ3n) is 3.80. The van der Waals surface area contributed by atoms with Crippen molar-refractivity contribution in [2.75, 3.05) is 11.1 Å². The van der Waals surface area contributed by atoms with Gasteiger partial charge in [-0.3, -0.25) is 4.79 Å². The van der Waals surface area contributed by atoms with Crippen molar-refractivity contribution >= 4 is 62.3 Å². The lowest BCUT2D eigenvalue weighted by Gasteiger charge is -2.11. The van der Waals surface area contributed by atoms with Crippen molar-refractivity contribution in [3.63, 3.8) is 0 Å². The Balaban J connectivity index is 1.76. The second-order valence-electron chi connectivity index (χ2n) is 5.61. The molecule has 5 nitrogen and oxygen atoms in total. The van der Waals surface area contributed by atoms with Crippen LogP contribution >= 0.6 is 34.7 Å². The molecule has 1 unspecified atom stereocenters. The minimum Gasteiger partial charge on any atom is -0.383 e. The number of hydrogen-bond donors (Lipinski definition) is 2. The van der Waals surface area contributed by atoms with Gasteiger partial charge in [-0.15, -0.1) is 11.3 Å². The van der Waals surface area contributed by atoms with Gasteiger partial charge in [-0.05, 0) is 50.6 Å². The lowest BCUT2D eigenvalue weighted by molar-refractivity contribution is -0.115. The van der Waals surface area contributed by atoms with Crippen molar-refractivity contribution in [1.29, 1.82) is 0 Å². The van der Waals surface area contributed by atoms with E-state index in [1.54, 1.807) is 35.6 Å². The highest BCUT2D eigenvalue weighted by Gasteiger charge is 2.19. The Morgan fingerprint density at radius 2 is 1.96 bits per heavy atom. The van der Waals surface area contributed by atoms with Crippen LogP contribution in [0.2, 0.25) is 5.02 Å². The van der Waals surface area contributed by atoms with Crippen molar-refractivity contribution in [3.05, 3.63) is 39.7 Å². The zero-order valence-corrected chi connectivity index (χ0v) is 16.4. The van der Waals surface area contributed by atoms with Crippen LogP contribution in [0, 0.1) is 13.8 Å². The van der Waals surface area contributed by atoms with E-state index in [0.29, 0.717) is 21.7 Å². The lowest BCUT2D eigenvalue weighted by Crippen LogP contribution is -2.22. The van der Waals surface area contributed by atoms with Gasteiger partial charge in [-0.2, -0.15) is 0 Å². The van der Waals surface area contributed by atoms with Gasteiger partial charge >= 0.3 is 0 Å². The number of hydrogen-bond acceptors (Lipinski definition) is 6. The van der Waals surface area contributed by atoms with E-state index in [0.717, 1.165) is 15.8 Å². The number of nitrogens with zero attached hydrogens (tertiary/aromatic N) is 2. The van der Waals surface area contributed by atoms with Crippen LogP contribution in [0.1, 0.15) is 17.4 Å². The topological polar surface area (TPSA) is 80.9 Å². The number of thioether (sulfide) groups is 1. The molecule has 3 rings (SSSR count). The minimum absolute atomic E-state index is 0.131. The number of aryl methyl sites for hydroxylation is 2. The molecule has 0 bridgehead atoms. The standard InChI is InChI=1S/C17H17ClN4OS2/c1-8-9(2)24-16-13(8)14(19)21-17(22-16)25-10(3)15(23)20-12-6-4-11(18)5-7-12/h4-7,10H,1-3H3,(H,20,23)(H2,19,21,22). The Bertz CT molecular complexity index is 940. The summed E-state index contributed by atoms with van der Waals surface area (Å²) >= 11 is 8.72. The number of rotatable bonds is 4. The third-order valence-corrected chi connectivity index (χ3v) is 6.11. The van der Waals surface area contributed by atoms with Gasteiger partial charge < -0.3 is 11.1 Å². The number of halogens is 1. The van der Waals surface area contributed by atoms with Crippen LogP contribution in [0.15, 0.2) is 29.4 Å². The molecule has 0 saturated heterocycles. The van der Waals surface area contributed by atoms with E-state index < -0.39 is 0 Å². The van der Waals surface area contributed by atoms with Crippen LogP contribution < -0.4 is 11.1 Å². The zero-order chi connectivity index (χ0) is 18.1. The van der Waals surface area contributed by atoms with E-state index in [1.807, 2.05) is 20.8 Å². The lowest BCUT2D eigenvalue weighted by atomic mass is 10.2. The molecule has 1 amide bonds. The van der Waals surface area contributed by atoms with Crippen molar-refractivity contribution in [2.24, 2.45) is 0 Å². The van der Waals surface area contributed by atoms with Crippen LogP contribution in [-0.4, -0.2) is 21.1 Å². The maximum atomic E-state index is 12.4. The molecule has 0 saturated carbocycles. The highest BCUT2D eigenvalue weighted by molar-refractivity contribution is 8.00. The van der Waals surface area contributed by atoms with Gasteiger partial charge in [-0.25, -0.2) is 9.97 Å². The van der Waals surface area contributed by atoms with Gasteiger partial charge in [0.25, 0.3) is 0 Å². The number of amides is 1. The minimum atomic E-state index is -0.366. The normalized spacial score (nSPS) is 12.3. The number of benzene rings is 1. The third kappa shape index (κ3) is 3.89. The maximum Gasteiger partial charge on any atom is 0.237 e. The van der Waals surface area contributed by atoms with E-state index in [1.165, 1.54) is 16.6 Å². The van der Waals surface area contributed by atoms with Crippen molar-refractivity contribution < 1.29 is 4.79 Å². The summed E-state index contributed by atoms with van der Waals surface area (Å²) in [5, 5.41) is 4.52. The monoisotopic (exact) mass is 392 g/mol. The van der Waals surface area contributed by atoms with Gasteiger partial charge in [0.1, 0.15) is 10.6 Å². The number of aromatic nitrogens is 2. The number of nitrogen functional groups attached to an aromatic ring is 1. The van der Waals surface area contributed by atoms with Crippen molar-refractivity contribution in [2.45, 2.75) is 31.2 Å². The largest absolute Gasteiger partial charge is 0.383 e. The molecule has 1 aromatic carbocycles. The van der Waals surface area contributed by atoms with Gasteiger partial charge in [-0.1, -0.05) is 23.4 Å². The molecular formula is C17H17ClN4OS2. The first-order chi connectivity index (χ1) is 11.8. The van der Waals surface area contributed by atoms with Crippen LogP contribution in [-0.2, 0) is 4.79 Å². The fraction of sp³-hybridized carbons (Fsp3) is 0.235. The summed E-state index contributed by atoms with van der Waals surface area (Å²) in [7, 11) is 0. The number of nitrogens with two attached hydrogens (primary N) is 1. The second kappa shape index (κ2) is 7.19. The molecule has 3 aromatic rings. The fourth-order valence-electron chi connectivity index (χ4n) is 2.30. The molecule has 25 heavy (non-hydrogen) atoms. The number of anilines is 2. The fourth-order valence-corrected chi connectivity index (χ4v) is 4.30. The average Bonchev–Trinajstić information content (AvgIpc) is 2.84. The van der Waals surface area contributed by atoms with Crippen molar-refractivity contribution in [1.82, 2.24) is 9.97 Å². The SMILES string of the molecule is Cc1sc2nc(SC(C)C(=O)Nc3ccc(Cl)cc3)nc(N)c2c1C. The summed E-state index contributed by atoms with van der Waals surface area (Å²) in [4.78, 5) is 23.3. The van der Waals surface area contributed by atoms with Gasteiger partial charge in [0.2, 0.25) is 5.91 Å². The van der Waals surface area contributed by atoms with Gasteiger partial charge in [0, 0.05) is 15.6 Å². The van der Waals surface area contributed by atoms with E-state index in [2.05, 4.69) is 15.3 Å². The summed E-state index contributed by atoms with van der Waals surface area (Å²) in [5.74, 6) is 0.327. The first-order valence-electron chi connectivity index (χ1n) is 7.61. The van der Waals surface area contributed by atoms with Crippen LogP contribution in [0.4, 0.5) is 11.5 Å². The van der Waals surface area contributed by atoms with Crippen LogP contribution in [0.25, 0.3) is 10.2 Å². The molecule has 2 heterocycles. The molecule has 0 aliphatic carbocycles. The molecule has 130 valence electrons. The number of fused-ring (bicyclic) bond motifs is 1. The molecule has 0 radical (unpaired) electrons. The van der Waals surface area contributed by atoms with E-state index in [-0.39, 0.29) is 11.2 Å². The first kappa shape index (κ1) is 18.0. The number of carbonyl (C=O) groups is 1. The number of thiophene rings is 1. The van der Waals surface area contributed by atoms with Crippen LogP contribution in [0.3, 0.4) is 0 Å². The maximum absolute atomic E-state index is 12.4. The highest BCUT2D eigenvalue weighted by atomic mass is 35.5. The predicted octanol–water partition coefficient (Wildman–Crippen LogP) is 4.66. The zero-order valence-electron chi connectivity index (χ0n) is 14.0. The number of nitrogens with one attached hydrogen (secondary N) is 1. The Labute approximate surface area is 159 Å². The highest BCUT2D eigenvalue weighted by Crippen LogP contribution is 2.34. The molecule has 8 heteroatoms. The quantitative estimate of drug-likeness (QED) is 0.498. The second-order valence-corrected chi connectivity index (χ2v) is 8.56. The molecule has 0 fully saturated rings. The molecular weight excluding hydrogens is 376 g/mol. The molecule has 0 spiro atoms. The van der Waals surface area contributed by atoms with E-state index in [4.69, 9.17) is 17.3 Å². The van der Waals surface area contributed by atoms with E-state index >= 15 is 0 Å². The first-order valence-corrected chi connectivity index (χ1v) is 9.69. The van der Waals surface area contributed by atoms with Gasteiger partial charge in [0.15, 0.2) is 5.16 Å². The molecule has 0 aliphatic rings. The summed E-state index contributed by atoms with van der Waals surface area (Å²) < 4.78 is 0. The van der Waals surface area contributed by atoms with Gasteiger partial charge in [0.05, 0.1) is 10.6 Å². The Hall–Kier alpha value is -1.83. The summed E-state index contributed by atoms with van der Waals surface area (Å²) in [6.45, 7) is 5.86. The molecule has 0 aliphatic heterocycles. The van der Waals surface area contributed by atoms with Crippen molar-refractivity contribution in [3.8, 4) is 0 Å². The summed E-state index contributed by atoms with van der Waals surface area (Å²) in [6, 6.07) is 6.98. The van der Waals surface area contributed by atoms with E-state index in [9.17, 15) is 4.79 Å². The van der Waals surface area contributed by atoms with Crippen LogP contribution in [0.5, 0.6) is 0 Å². The number of carbonyl (C=O) groups excluding carboxylic acids is 1.